The predicted octanol–water partition coefficient (Wildman–Crippen LogP) is 3.97. The fraction of sp³-hybridized carbons (Fsp3) is 0.400. The van der Waals surface area contributed by atoms with Crippen molar-refractivity contribution >= 4 is 22.5 Å². The number of hydrogen-bond acceptors (Lipinski definition) is 4. The lowest BCUT2D eigenvalue weighted by Gasteiger charge is -2.20. The molecule has 0 radical (unpaired) electrons. The summed E-state index contributed by atoms with van der Waals surface area (Å²) >= 11 is 6.27. The second-order valence-corrected chi connectivity index (χ2v) is 7.12. The smallest absolute Gasteiger partial charge is 0.103 e. The maximum atomic E-state index is 6.27. The molecule has 1 N–H and O–H groups in total. The lowest BCUT2D eigenvalue weighted by Crippen LogP contribution is -2.26. The van der Waals surface area contributed by atoms with Gasteiger partial charge in [-0.25, -0.2) is 0 Å². The van der Waals surface area contributed by atoms with Gasteiger partial charge in [0.2, 0.25) is 0 Å². The van der Waals surface area contributed by atoms with E-state index >= 15 is 0 Å². The van der Waals surface area contributed by atoms with E-state index in [0.717, 1.165) is 54.2 Å². The SMILES string of the molecule is CCn1nccc1[C@@H]1OCC[C@H]1CNCc1cc(Cl)cc2cccnc12. The van der Waals surface area contributed by atoms with Crippen molar-refractivity contribution in [1.82, 2.24) is 20.1 Å². The summed E-state index contributed by atoms with van der Waals surface area (Å²) in [5, 5.41) is 9.78. The van der Waals surface area contributed by atoms with Crippen LogP contribution in [0.25, 0.3) is 10.9 Å². The molecule has 5 nitrogen and oxygen atoms in total. The van der Waals surface area contributed by atoms with Crippen molar-refractivity contribution in [2.75, 3.05) is 13.2 Å². The summed E-state index contributed by atoms with van der Waals surface area (Å²) in [7, 11) is 0. The zero-order valence-electron chi connectivity index (χ0n) is 14.9. The van der Waals surface area contributed by atoms with Crippen LogP contribution in [0.2, 0.25) is 5.02 Å². The number of rotatable bonds is 6. The van der Waals surface area contributed by atoms with E-state index < -0.39 is 0 Å². The monoisotopic (exact) mass is 370 g/mol. The molecule has 0 amide bonds. The Labute approximate surface area is 158 Å². The van der Waals surface area contributed by atoms with Crippen LogP contribution in [0.4, 0.5) is 0 Å². The standard InChI is InChI=1S/C20H23ClN4O/c1-2-25-18(5-8-24-25)20-15(6-9-26-20)12-22-13-16-11-17(21)10-14-4-3-7-23-19(14)16/h3-5,7-8,10-11,15,20,22H,2,6,9,12-13H2,1H3/t15-,20+/m0/s1. The molecule has 136 valence electrons. The molecule has 2 aromatic heterocycles. The third-order valence-corrected chi connectivity index (χ3v) is 5.24. The summed E-state index contributed by atoms with van der Waals surface area (Å²) in [6.45, 7) is 5.40. The molecule has 0 unspecified atom stereocenters. The zero-order chi connectivity index (χ0) is 17.9. The summed E-state index contributed by atoms with van der Waals surface area (Å²) < 4.78 is 8.04. The third-order valence-electron chi connectivity index (χ3n) is 5.03. The molecule has 1 fully saturated rings. The van der Waals surface area contributed by atoms with Crippen LogP contribution in [0.15, 0.2) is 42.7 Å². The van der Waals surface area contributed by atoms with Crippen LogP contribution >= 0.6 is 11.6 Å². The van der Waals surface area contributed by atoms with Gasteiger partial charge in [-0.2, -0.15) is 5.10 Å². The Balaban J connectivity index is 1.45. The first-order chi connectivity index (χ1) is 12.8. The highest BCUT2D eigenvalue weighted by Crippen LogP contribution is 2.34. The Morgan fingerprint density at radius 1 is 1.31 bits per heavy atom. The van der Waals surface area contributed by atoms with Gasteiger partial charge in [-0.15, -0.1) is 0 Å². The average molecular weight is 371 g/mol. The van der Waals surface area contributed by atoms with Gasteiger partial charge in [0.25, 0.3) is 0 Å². The molecule has 1 aromatic carbocycles. The fourth-order valence-corrected chi connectivity index (χ4v) is 4.02. The van der Waals surface area contributed by atoms with Gasteiger partial charge in [0.15, 0.2) is 0 Å². The van der Waals surface area contributed by atoms with Gasteiger partial charge in [0, 0.05) is 55.0 Å². The van der Waals surface area contributed by atoms with Gasteiger partial charge in [-0.05, 0) is 43.2 Å². The quantitative estimate of drug-likeness (QED) is 0.713. The molecule has 1 aliphatic rings. The Hall–Kier alpha value is -1.95. The number of aromatic nitrogens is 3. The van der Waals surface area contributed by atoms with E-state index in [1.165, 1.54) is 5.69 Å². The van der Waals surface area contributed by atoms with Crippen LogP contribution in [-0.4, -0.2) is 27.9 Å². The summed E-state index contributed by atoms with van der Waals surface area (Å²) in [4.78, 5) is 4.52. The van der Waals surface area contributed by atoms with Gasteiger partial charge >= 0.3 is 0 Å². The number of hydrogen-bond donors (Lipinski definition) is 1. The number of benzene rings is 1. The predicted molar refractivity (Wildman–Crippen MR) is 103 cm³/mol. The normalized spacial score (nSPS) is 20.1. The van der Waals surface area contributed by atoms with Gasteiger partial charge in [0.05, 0.1) is 11.2 Å². The van der Waals surface area contributed by atoms with E-state index in [1.54, 1.807) is 0 Å². The molecule has 2 atom stereocenters. The first-order valence-corrected chi connectivity index (χ1v) is 9.51. The molecular weight excluding hydrogens is 348 g/mol. The molecule has 0 aliphatic carbocycles. The van der Waals surface area contributed by atoms with Crippen molar-refractivity contribution in [1.29, 1.82) is 0 Å². The van der Waals surface area contributed by atoms with Crippen LogP contribution in [0.3, 0.4) is 0 Å². The molecule has 0 bridgehead atoms. The van der Waals surface area contributed by atoms with Gasteiger partial charge in [-0.1, -0.05) is 17.7 Å². The van der Waals surface area contributed by atoms with Gasteiger partial charge in [-0.3, -0.25) is 9.67 Å². The Kier molecular flexibility index (Phi) is 5.20. The maximum absolute atomic E-state index is 6.27. The molecule has 3 aromatic rings. The van der Waals surface area contributed by atoms with Crippen molar-refractivity contribution < 1.29 is 4.74 Å². The van der Waals surface area contributed by atoms with Crippen molar-refractivity contribution in [3.05, 3.63) is 59.0 Å². The lowest BCUT2D eigenvalue weighted by molar-refractivity contribution is 0.0830. The number of nitrogens with zero attached hydrogens (tertiary/aromatic N) is 3. The molecule has 1 aliphatic heterocycles. The third kappa shape index (κ3) is 3.47. The maximum Gasteiger partial charge on any atom is 0.103 e. The van der Waals surface area contributed by atoms with E-state index in [2.05, 4.69) is 28.4 Å². The number of ether oxygens (including phenoxy) is 1. The Morgan fingerprint density at radius 2 is 2.23 bits per heavy atom. The van der Waals surface area contributed by atoms with Crippen molar-refractivity contribution in [2.45, 2.75) is 32.5 Å². The van der Waals surface area contributed by atoms with E-state index in [4.69, 9.17) is 16.3 Å². The molecular formula is C20H23ClN4O. The largest absolute Gasteiger partial charge is 0.372 e. The van der Waals surface area contributed by atoms with Gasteiger partial charge < -0.3 is 10.1 Å². The summed E-state index contributed by atoms with van der Waals surface area (Å²) in [5.74, 6) is 0.440. The highest BCUT2D eigenvalue weighted by molar-refractivity contribution is 6.31. The van der Waals surface area contributed by atoms with Crippen LogP contribution < -0.4 is 5.32 Å². The van der Waals surface area contributed by atoms with Crippen molar-refractivity contribution in [3.63, 3.8) is 0 Å². The van der Waals surface area contributed by atoms with Crippen LogP contribution in [0.1, 0.15) is 30.7 Å². The van der Waals surface area contributed by atoms with E-state index in [-0.39, 0.29) is 6.10 Å². The second-order valence-electron chi connectivity index (χ2n) is 6.68. The molecule has 6 heteroatoms. The number of fused-ring (bicyclic) bond motifs is 1. The van der Waals surface area contributed by atoms with E-state index in [1.807, 2.05) is 41.3 Å². The average Bonchev–Trinajstić information content (AvgIpc) is 3.29. The molecule has 4 rings (SSSR count). The van der Waals surface area contributed by atoms with Crippen molar-refractivity contribution in [3.8, 4) is 0 Å². The Morgan fingerprint density at radius 3 is 3.12 bits per heavy atom. The molecule has 3 heterocycles. The van der Waals surface area contributed by atoms with Crippen LogP contribution in [0.5, 0.6) is 0 Å². The second kappa shape index (κ2) is 7.74. The van der Waals surface area contributed by atoms with E-state index in [0.29, 0.717) is 5.92 Å². The molecule has 0 spiro atoms. The Bertz CT molecular complexity index is 894. The summed E-state index contributed by atoms with van der Waals surface area (Å²) in [6.07, 6.45) is 4.85. The molecule has 1 saturated heterocycles. The fourth-order valence-electron chi connectivity index (χ4n) is 3.77. The topological polar surface area (TPSA) is 52.0 Å². The van der Waals surface area contributed by atoms with Crippen LogP contribution in [0, 0.1) is 5.92 Å². The van der Waals surface area contributed by atoms with Gasteiger partial charge in [0.1, 0.15) is 6.10 Å². The highest BCUT2D eigenvalue weighted by atomic mass is 35.5. The minimum Gasteiger partial charge on any atom is -0.372 e. The van der Waals surface area contributed by atoms with Crippen molar-refractivity contribution in [2.24, 2.45) is 5.92 Å². The minimum absolute atomic E-state index is 0.110. The first-order valence-electron chi connectivity index (χ1n) is 9.13. The summed E-state index contributed by atoms with van der Waals surface area (Å²) in [5.41, 5.74) is 3.31. The number of halogens is 1. The zero-order valence-corrected chi connectivity index (χ0v) is 15.6. The number of nitrogens with one attached hydrogen (secondary N) is 1. The number of aryl methyl sites for hydroxylation is 1. The minimum atomic E-state index is 0.110. The summed E-state index contributed by atoms with van der Waals surface area (Å²) in [6, 6.07) is 10.0. The highest BCUT2D eigenvalue weighted by Gasteiger charge is 2.31. The van der Waals surface area contributed by atoms with E-state index in [9.17, 15) is 0 Å². The molecule has 26 heavy (non-hydrogen) atoms. The number of pyridine rings is 1. The first kappa shape index (κ1) is 17.5. The molecule has 0 saturated carbocycles. The lowest BCUT2D eigenvalue weighted by atomic mass is 9.98. The van der Waals surface area contributed by atoms with Crippen LogP contribution in [-0.2, 0) is 17.8 Å².